The lowest BCUT2D eigenvalue weighted by atomic mass is 10.0. The number of carbonyl (C=O) groups is 2. The fourth-order valence-electron chi connectivity index (χ4n) is 2.60. The molecule has 0 aliphatic carbocycles. The topological polar surface area (TPSA) is 64.6 Å². The van der Waals surface area contributed by atoms with Gasteiger partial charge in [-0.1, -0.05) is 24.3 Å². The van der Waals surface area contributed by atoms with Gasteiger partial charge in [-0.25, -0.2) is 4.79 Å². The third kappa shape index (κ3) is 2.00. The summed E-state index contributed by atoms with van der Waals surface area (Å²) in [6.45, 7) is 2.54. The van der Waals surface area contributed by atoms with Crippen LogP contribution in [0.4, 0.5) is 0 Å². The molecule has 1 aromatic carbocycles. The smallest absolute Gasteiger partial charge is 0.345 e. The van der Waals surface area contributed by atoms with E-state index in [1.807, 2.05) is 24.3 Å². The van der Waals surface area contributed by atoms with Gasteiger partial charge in [-0.05, 0) is 18.1 Å². The highest BCUT2D eigenvalue weighted by Crippen LogP contribution is 2.35. The minimum Gasteiger partial charge on any atom is -0.487 e. The molecule has 0 aromatic heterocycles. The van der Waals surface area contributed by atoms with Gasteiger partial charge in [-0.3, -0.25) is 10.1 Å². The van der Waals surface area contributed by atoms with Crippen LogP contribution in [0.3, 0.4) is 0 Å². The summed E-state index contributed by atoms with van der Waals surface area (Å²) in [4.78, 5) is 23.8. The van der Waals surface area contributed by atoms with Crippen LogP contribution in [-0.4, -0.2) is 25.0 Å². The van der Waals surface area contributed by atoms with Gasteiger partial charge < -0.3 is 9.47 Å². The second-order valence-electron chi connectivity index (χ2n) is 4.68. The summed E-state index contributed by atoms with van der Waals surface area (Å²) in [7, 11) is 0. The van der Waals surface area contributed by atoms with Crippen molar-refractivity contribution < 1.29 is 19.1 Å². The van der Waals surface area contributed by atoms with E-state index in [2.05, 4.69) is 5.32 Å². The molecule has 0 saturated heterocycles. The lowest BCUT2D eigenvalue weighted by Gasteiger charge is -2.14. The normalized spacial score (nSPS) is 20.9. The number of fused-ring (bicyclic) bond motifs is 1. The summed E-state index contributed by atoms with van der Waals surface area (Å²) in [6.07, 6.45) is 0. The van der Waals surface area contributed by atoms with Crippen LogP contribution in [0.1, 0.15) is 24.1 Å². The molecular formula is C15H15NO4. The average molecular weight is 273 g/mol. The van der Waals surface area contributed by atoms with Crippen LogP contribution in [-0.2, 0) is 25.6 Å². The zero-order valence-electron chi connectivity index (χ0n) is 11.1. The second kappa shape index (κ2) is 5.09. The number of hydrogen-bond donors (Lipinski definition) is 1. The fourth-order valence-corrected chi connectivity index (χ4v) is 2.60. The van der Waals surface area contributed by atoms with Gasteiger partial charge in [0.15, 0.2) is 6.61 Å². The van der Waals surface area contributed by atoms with Gasteiger partial charge >= 0.3 is 5.97 Å². The van der Waals surface area contributed by atoms with Crippen LogP contribution in [0.5, 0.6) is 0 Å². The van der Waals surface area contributed by atoms with Gasteiger partial charge in [0, 0.05) is 6.54 Å². The highest BCUT2D eigenvalue weighted by atomic mass is 16.5. The highest BCUT2D eigenvalue weighted by molar-refractivity contribution is 6.19. The summed E-state index contributed by atoms with van der Waals surface area (Å²) in [6, 6.07) is 7.63. The summed E-state index contributed by atoms with van der Waals surface area (Å²) in [5.41, 5.74) is 2.23. The average Bonchev–Trinajstić information content (AvgIpc) is 3.02. The Balaban J connectivity index is 2.00. The molecule has 0 spiro atoms. The molecule has 1 N–H and O–H groups in total. The predicted octanol–water partition coefficient (Wildman–Crippen LogP) is 1.25. The van der Waals surface area contributed by atoms with Gasteiger partial charge in [0.05, 0.1) is 12.6 Å². The third-order valence-electron chi connectivity index (χ3n) is 3.49. The van der Waals surface area contributed by atoms with Crippen molar-refractivity contribution in [2.24, 2.45) is 0 Å². The third-order valence-corrected chi connectivity index (χ3v) is 3.49. The zero-order chi connectivity index (χ0) is 14.1. The van der Waals surface area contributed by atoms with Crippen LogP contribution >= 0.6 is 0 Å². The molecule has 5 nitrogen and oxygen atoms in total. The Morgan fingerprint density at radius 1 is 1.45 bits per heavy atom. The molecule has 5 heteroatoms. The maximum Gasteiger partial charge on any atom is 0.345 e. The molecule has 1 aromatic rings. The molecule has 2 heterocycles. The maximum absolute atomic E-state index is 11.9. The first-order chi connectivity index (χ1) is 9.72. The molecule has 1 atom stereocenters. The molecule has 0 saturated carbocycles. The van der Waals surface area contributed by atoms with Gasteiger partial charge in [0.2, 0.25) is 5.78 Å². The van der Waals surface area contributed by atoms with Crippen molar-refractivity contribution in [1.29, 1.82) is 0 Å². The fraction of sp³-hybridized carbons (Fsp3) is 0.333. The first kappa shape index (κ1) is 12.9. The maximum atomic E-state index is 11.9. The van der Waals surface area contributed by atoms with Crippen LogP contribution < -0.4 is 5.32 Å². The Morgan fingerprint density at radius 2 is 2.25 bits per heavy atom. The van der Waals surface area contributed by atoms with Crippen LogP contribution in [0.2, 0.25) is 0 Å². The predicted molar refractivity (Wildman–Crippen MR) is 70.6 cm³/mol. The summed E-state index contributed by atoms with van der Waals surface area (Å²) < 4.78 is 10.4. The molecule has 0 bridgehead atoms. The van der Waals surface area contributed by atoms with Gasteiger partial charge in [0.1, 0.15) is 11.3 Å². The number of ketones is 1. The molecule has 2 aliphatic rings. The number of Topliss-reactive ketones (excluding diaryl/α,β-unsaturated/α-hetero) is 1. The Hall–Kier alpha value is -2.14. The largest absolute Gasteiger partial charge is 0.487 e. The SMILES string of the molecule is CCOC(=O)C1=C(C2NCc3ccccc32)OCC1=O. The molecule has 20 heavy (non-hydrogen) atoms. The lowest BCUT2D eigenvalue weighted by Crippen LogP contribution is -2.19. The molecular weight excluding hydrogens is 258 g/mol. The number of rotatable bonds is 3. The number of carbonyl (C=O) groups excluding carboxylic acids is 2. The molecule has 104 valence electrons. The second-order valence-corrected chi connectivity index (χ2v) is 4.68. The van der Waals surface area contributed by atoms with E-state index in [1.165, 1.54) is 0 Å². The first-order valence-electron chi connectivity index (χ1n) is 6.60. The van der Waals surface area contributed by atoms with Crippen molar-refractivity contribution >= 4 is 11.8 Å². The molecule has 0 fully saturated rings. The van der Waals surface area contributed by atoms with E-state index >= 15 is 0 Å². The number of benzene rings is 1. The Labute approximate surface area is 116 Å². The van der Waals surface area contributed by atoms with Crippen molar-refractivity contribution in [3.63, 3.8) is 0 Å². The first-order valence-corrected chi connectivity index (χ1v) is 6.60. The van der Waals surface area contributed by atoms with E-state index in [0.717, 1.165) is 11.1 Å². The summed E-state index contributed by atoms with van der Waals surface area (Å²) in [5, 5.41) is 3.27. The monoisotopic (exact) mass is 273 g/mol. The number of hydrogen-bond acceptors (Lipinski definition) is 5. The van der Waals surface area contributed by atoms with Crippen molar-refractivity contribution in [2.45, 2.75) is 19.5 Å². The summed E-state index contributed by atoms with van der Waals surface area (Å²) >= 11 is 0. The van der Waals surface area contributed by atoms with Gasteiger partial charge in [-0.15, -0.1) is 0 Å². The van der Waals surface area contributed by atoms with Crippen molar-refractivity contribution in [3.8, 4) is 0 Å². The molecule has 1 unspecified atom stereocenters. The Morgan fingerprint density at radius 3 is 3.05 bits per heavy atom. The lowest BCUT2D eigenvalue weighted by molar-refractivity contribution is -0.139. The Bertz CT molecular complexity index is 606. The number of nitrogens with one attached hydrogen (secondary N) is 1. The molecule has 0 amide bonds. The van der Waals surface area contributed by atoms with E-state index in [0.29, 0.717) is 12.3 Å². The van der Waals surface area contributed by atoms with E-state index in [9.17, 15) is 9.59 Å². The van der Waals surface area contributed by atoms with Crippen molar-refractivity contribution in [1.82, 2.24) is 5.32 Å². The van der Waals surface area contributed by atoms with Gasteiger partial charge in [0.25, 0.3) is 0 Å². The van der Waals surface area contributed by atoms with Crippen molar-refractivity contribution in [2.75, 3.05) is 13.2 Å². The highest BCUT2D eigenvalue weighted by Gasteiger charge is 2.38. The number of ether oxygens (including phenoxy) is 2. The zero-order valence-corrected chi connectivity index (χ0v) is 11.1. The van der Waals surface area contributed by atoms with Crippen LogP contribution in [0, 0.1) is 0 Å². The Kier molecular flexibility index (Phi) is 3.28. The van der Waals surface area contributed by atoms with E-state index in [-0.39, 0.29) is 30.6 Å². The standard InChI is InChI=1S/C15H15NO4/c1-2-19-15(18)12-11(17)8-20-14(12)13-10-6-4-3-5-9(10)7-16-13/h3-6,13,16H,2,7-8H2,1H3. The number of esters is 1. The molecule has 0 radical (unpaired) electrons. The minimum absolute atomic E-state index is 0.0426. The summed E-state index contributed by atoms with van der Waals surface area (Å²) in [5.74, 6) is -0.529. The van der Waals surface area contributed by atoms with Crippen molar-refractivity contribution in [3.05, 3.63) is 46.7 Å². The van der Waals surface area contributed by atoms with Crippen LogP contribution in [0.15, 0.2) is 35.6 Å². The van der Waals surface area contributed by atoms with E-state index < -0.39 is 5.97 Å². The van der Waals surface area contributed by atoms with E-state index in [1.54, 1.807) is 6.92 Å². The van der Waals surface area contributed by atoms with Crippen LogP contribution in [0.25, 0.3) is 0 Å². The van der Waals surface area contributed by atoms with E-state index in [4.69, 9.17) is 9.47 Å². The van der Waals surface area contributed by atoms with Gasteiger partial charge in [-0.2, -0.15) is 0 Å². The molecule has 2 aliphatic heterocycles. The quantitative estimate of drug-likeness (QED) is 0.663. The molecule has 3 rings (SSSR count). The minimum atomic E-state index is -0.601.